The van der Waals surface area contributed by atoms with Crippen molar-refractivity contribution in [1.29, 1.82) is 0 Å². The Bertz CT molecular complexity index is 231. The van der Waals surface area contributed by atoms with E-state index in [-0.39, 0.29) is 0 Å². The molecule has 0 saturated carbocycles. The van der Waals surface area contributed by atoms with Gasteiger partial charge in [0.05, 0.1) is 12.4 Å². The summed E-state index contributed by atoms with van der Waals surface area (Å²) in [4.78, 5) is 0. The van der Waals surface area contributed by atoms with Gasteiger partial charge in [-0.05, 0) is 25.0 Å². The van der Waals surface area contributed by atoms with Gasteiger partial charge in [-0.2, -0.15) is 0 Å². The van der Waals surface area contributed by atoms with Gasteiger partial charge < -0.3 is 10.5 Å². The van der Waals surface area contributed by atoms with Gasteiger partial charge in [0.1, 0.15) is 0 Å². The summed E-state index contributed by atoms with van der Waals surface area (Å²) in [5, 5.41) is 0. The van der Waals surface area contributed by atoms with Crippen LogP contribution < -0.4 is 5.73 Å². The zero-order valence-electron chi connectivity index (χ0n) is 11.3. The molecule has 0 bridgehead atoms. The highest BCUT2D eigenvalue weighted by Gasteiger charge is 2.20. The molecule has 0 fully saturated rings. The number of rotatable bonds is 1. The van der Waals surface area contributed by atoms with Crippen LogP contribution in [0.3, 0.4) is 0 Å². The molecular weight excluding hydrogens is 198 g/mol. The molecule has 16 heavy (non-hydrogen) atoms. The molecule has 0 aromatic rings. The molecule has 0 radical (unpaired) electrons. The minimum atomic E-state index is 0.534. The molecule has 2 aliphatic rings. The van der Waals surface area contributed by atoms with E-state index in [0.717, 1.165) is 32.4 Å². The molecule has 2 rings (SSSR count). The number of ether oxygens (including phenoxy) is 1. The van der Waals surface area contributed by atoms with Crippen molar-refractivity contribution in [2.24, 2.45) is 11.7 Å². The summed E-state index contributed by atoms with van der Waals surface area (Å²) in [6.45, 7) is 9.56. The lowest BCUT2D eigenvalue weighted by Crippen LogP contribution is -2.25. The van der Waals surface area contributed by atoms with Crippen molar-refractivity contribution >= 4 is 0 Å². The second kappa shape index (κ2) is 9.46. The average Bonchev–Trinajstić information content (AvgIpc) is 2.42. The molecule has 2 nitrogen and oxygen atoms in total. The van der Waals surface area contributed by atoms with E-state index in [1.54, 1.807) is 0 Å². The van der Waals surface area contributed by atoms with E-state index in [1.807, 2.05) is 27.7 Å². The highest BCUT2D eigenvalue weighted by Crippen LogP contribution is 2.29. The quantitative estimate of drug-likeness (QED) is 0.739. The summed E-state index contributed by atoms with van der Waals surface area (Å²) in [6.07, 6.45) is 7.75. The van der Waals surface area contributed by atoms with E-state index in [9.17, 15) is 0 Å². The van der Waals surface area contributed by atoms with E-state index >= 15 is 0 Å². The van der Waals surface area contributed by atoms with Crippen molar-refractivity contribution in [3.8, 4) is 0 Å². The number of hydrogen-bond donors (Lipinski definition) is 1. The highest BCUT2D eigenvalue weighted by atomic mass is 16.5. The van der Waals surface area contributed by atoms with Crippen LogP contribution in [0.5, 0.6) is 0 Å². The first-order chi connectivity index (χ1) is 7.90. The fraction of sp³-hybridized carbons (Fsp3) is 0.714. The third-order valence-electron chi connectivity index (χ3n) is 2.55. The molecule has 1 aliphatic heterocycles. The van der Waals surface area contributed by atoms with Gasteiger partial charge in [-0.25, -0.2) is 0 Å². The molecular formula is C14H27NO. The zero-order chi connectivity index (χ0) is 12.4. The lowest BCUT2D eigenvalue weighted by molar-refractivity contribution is 0.136. The Kier molecular flexibility index (Phi) is 9.02. The summed E-state index contributed by atoms with van der Waals surface area (Å²) < 4.78 is 5.63. The lowest BCUT2D eigenvalue weighted by atomic mass is 9.92. The Morgan fingerprint density at radius 2 is 2.00 bits per heavy atom. The molecule has 0 aromatic carbocycles. The maximum absolute atomic E-state index is 5.63. The molecule has 1 aliphatic carbocycles. The summed E-state index contributed by atoms with van der Waals surface area (Å²) in [5.41, 5.74) is 6.98. The van der Waals surface area contributed by atoms with Crippen LogP contribution in [0.25, 0.3) is 0 Å². The van der Waals surface area contributed by atoms with Gasteiger partial charge in [0, 0.05) is 12.3 Å². The monoisotopic (exact) mass is 225 g/mol. The molecule has 2 heteroatoms. The SMILES string of the molecule is CC.CC.NCC1COC2=C(C=CCC2)C1. The van der Waals surface area contributed by atoms with Crippen molar-refractivity contribution in [2.45, 2.75) is 47.0 Å². The lowest BCUT2D eigenvalue weighted by Gasteiger charge is -2.27. The van der Waals surface area contributed by atoms with Gasteiger partial charge in [-0.15, -0.1) is 0 Å². The minimum Gasteiger partial charge on any atom is -0.497 e. The van der Waals surface area contributed by atoms with Crippen LogP contribution in [-0.4, -0.2) is 13.2 Å². The standard InChI is InChI=1S/C10H15NO.2C2H6/c11-6-8-5-9-3-1-2-4-10(9)12-7-8;2*1-2/h1,3,8H,2,4-7,11H2;2*1-2H3. The van der Waals surface area contributed by atoms with Crippen molar-refractivity contribution in [1.82, 2.24) is 0 Å². The average molecular weight is 225 g/mol. The molecule has 1 heterocycles. The van der Waals surface area contributed by atoms with E-state index in [2.05, 4.69) is 12.2 Å². The van der Waals surface area contributed by atoms with Crippen molar-refractivity contribution in [2.75, 3.05) is 13.2 Å². The Morgan fingerprint density at radius 1 is 1.31 bits per heavy atom. The van der Waals surface area contributed by atoms with Gasteiger partial charge in [0.2, 0.25) is 0 Å². The Hall–Kier alpha value is -0.760. The summed E-state index contributed by atoms with van der Waals surface area (Å²) in [6, 6.07) is 0. The van der Waals surface area contributed by atoms with Crippen LogP contribution >= 0.6 is 0 Å². The molecule has 0 saturated heterocycles. The maximum Gasteiger partial charge on any atom is 0.0994 e. The van der Waals surface area contributed by atoms with Crippen LogP contribution in [-0.2, 0) is 4.74 Å². The predicted octanol–water partition coefficient (Wildman–Crippen LogP) is 3.64. The first-order valence-electron chi connectivity index (χ1n) is 6.61. The first-order valence-corrected chi connectivity index (χ1v) is 6.61. The zero-order valence-corrected chi connectivity index (χ0v) is 11.3. The van der Waals surface area contributed by atoms with Crippen LogP contribution in [0.4, 0.5) is 0 Å². The maximum atomic E-state index is 5.63. The molecule has 1 atom stereocenters. The van der Waals surface area contributed by atoms with Gasteiger partial charge in [0.25, 0.3) is 0 Å². The van der Waals surface area contributed by atoms with E-state index in [0.29, 0.717) is 5.92 Å². The molecule has 0 aromatic heterocycles. The Labute approximate surface area is 101 Å². The van der Waals surface area contributed by atoms with Crippen molar-refractivity contribution in [3.05, 3.63) is 23.5 Å². The largest absolute Gasteiger partial charge is 0.497 e. The van der Waals surface area contributed by atoms with E-state index < -0.39 is 0 Å². The second-order valence-electron chi connectivity index (χ2n) is 3.51. The predicted molar refractivity (Wildman–Crippen MR) is 71.2 cm³/mol. The van der Waals surface area contributed by atoms with E-state index in [4.69, 9.17) is 10.5 Å². The van der Waals surface area contributed by atoms with Crippen LogP contribution in [0, 0.1) is 5.92 Å². The molecule has 1 unspecified atom stereocenters. The Morgan fingerprint density at radius 3 is 2.62 bits per heavy atom. The number of nitrogens with two attached hydrogens (primary N) is 1. The van der Waals surface area contributed by atoms with Crippen LogP contribution in [0.15, 0.2) is 23.5 Å². The van der Waals surface area contributed by atoms with Gasteiger partial charge in [0.15, 0.2) is 0 Å². The normalized spacial score (nSPS) is 21.9. The third kappa shape index (κ3) is 4.40. The fourth-order valence-electron chi connectivity index (χ4n) is 1.78. The first kappa shape index (κ1) is 15.2. The minimum absolute atomic E-state index is 0.534. The van der Waals surface area contributed by atoms with Gasteiger partial charge >= 0.3 is 0 Å². The Balaban J connectivity index is 0.000000509. The molecule has 2 N–H and O–H groups in total. The highest BCUT2D eigenvalue weighted by molar-refractivity contribution is 5.28. The summed E-state index contributed by atoms with van der Waals surface area (Å²) >= 11 is 0. The number of allylic oxidation sites excluding steroid dienone is 4. The van der Waals surface area contributed by atoms with Gasteiger partial charge in [-0.3, -0.25) is 0 Å². The van der Waals surface area contributed by atoms with Crippen LogP contribution in [0.1, 0.15) is 47.0 Å². The third-order valence-corrected chi connectivity index (χ3v) is 2.55. The fourth-order valence-corrected chi connectivity index (χ4v) is 1.78. The van der Waals surface area contributed by atoms with Crippen molar-refractivity contribution in [3.63, 3.8) is 0 Å². The molecule has 0 amide bonds. The number of hydrogen-bond acceptors (Lipinski definition) is 2. The molecule has 0 spiro atoms. The van der Waals surface area contributed by atoms with E-state index in [1.165, 1.54) is 11.3 Å². The smallest absolute Gasteiger partial charge is 0.0994 e. The van der Waals surface area contributed by atoms with Gasteiger partial charge in [-0.1, -0.05) is 39.8 Å². The van der Waals surface area contributed by atoms with Crippen molar-refractivity contribution < 1.29 is 4.74 Å². The van der Waals surface area contributed by atoms with Crippen LogP contribution in [0.2, 0.25) is 0 Å². The molecule has 94 valence electrons. The summed E-state index contributed by atoms with van der Waals surface area (Å²) in [5.74, 6) is 1.74. The second-order valence-corrected chi connectivity index (χ2v) is 3.51. The topological polar surface area (TPSA) is 35.2 Å². The summed E-state index contributed by atoms with van der Waals surface area (Å²) in [7, 11) is 0.